The summed E-state index contributed by atoms with van der Waals surface area (Å²) in [5, 5.41) is 7.16. The summed E-state index contributed by atoms with van der Waals surface area (Å²) in [6.07, 6.45) is 10.3. The van der Waals surface area contributed by atoms with Crippen molar-refractivity contribution in [1.82, 2.24) is 19.3 Å². The van der Waals surface area contributed by atoms with Crippen LogP contribution in [0.15, 0.2) is 107 Å². The first kappa shape index (κ1) is 29.3. The number of para-hydroxylation sites is 1. The van der Waals surface area contributed by atoms with Crippen LogP contribution in [0.1, 0.15) is 22.3 Å². The first-order chi connectivity index (χ1) is 21.8. The fraction of sp³-hybridized carbons (Fsp3) is 0.158. The van der Waals surface area contributed by atoms with Crippen LogP contribution in [-0.4, -0.2) is 31.8 Å². The summed E-state index contributed by atoms with van der Waals surface area (Å²) < 4.78 is 10.7. The van der Waals surface area contributed by atoms with Crippen LogP contribution >= 0.6 is 23.5 Å². The van der Waals surface area contributed by atoms with E-state index in [1.165, 1.54) is 37.4 Å². The van der Waals surface area contributed by atoms with Gasteiger partial charge < -0.3 is 4.74 Å². The van der Waals surface area contributed by atoms with Gasteiger partial charge in [-0.25, -0.2) is 9.67 Å². The Morgan fingerprint density at radius 1 is 0.689 bits per heavy atom. The quantitative estimate of drug-likeness (QED) is 0.165. The molecule has 0 aliphatic heterocycles. The van der Waals surface area contributed by atoms with Gasteiger partial charge in [0.15, 0.2) is 0 Å². The smallest absolute Gasteiger partial charge is 0.137 e. The van der Waals surface area contributed by atoms with Crippen molar-refractivity contribution in [3.8, 4) is 34.1 Å². The number of aromatic nitrogens is 4. The molecule has 0 saturated carbocycles. The van der Waals surface area contributed by atoms with Gasteiger partial charge in [0.1, 0.15) is 17.3 Å². The Morgan fingerprint density at radius 3 is 2.20 bits per heavy atom. The molecule has 7 aromatic rings. The molecule has 0 N–H and O–H groups in total. The van der Waals surface area contributed by atoms with Crippen molar-refractivity contribution < 1.29 is 4.74 Å². The Kier molecular flexibility index (Phi) is 7.68. The number of pyridine rings is 1. The molecule has 0 aliphatic carbocycles. The minimum atomic E-state index is 0.763. The van der Waals surface area contributed by atoms with E-state index in [0.717, 1.165) is 50.6 Å². The minimum Gasteiger partial charge on any atom is -0.457 e. The number of ether oxygens (including phenoxy) is 1. The van der Waals surface area contributed by atoms with Crippen LogP contribution in [0.4, 0.5) is 0 Å². The molecule has 5 nitrogen and oxygen atoms in total. The Hall–Kier alpha value is -4.46. The number of benzene rings is 4. The highest BCUT2D eigenvalue weighted by Gasteiger charge is 2.18. The predicted molar refractivity (Wildman–Crippen MR) is 190 cm³/mol. The van der Waals surface area contributed by atoms with E-state index >= 15 is 0 Å². The molecule has 0 atom stereocenters. The zero-order valence-electron chi connectivity index (χ0n) is 26.3. The molecule has 3 heterocycles. The van der Waals surface area contributed by atoms with E-state index in [2.05, 4.69) is 118 Å². The number of hydrogen-bond donors (Lipinski definition) is 0. The van der Waals surface area contributed by atoms with Crippen molar-refractivity contribution in [2.45, 2.75) is 37.5 Å². The molecule has 0 spiro atoms. The Morgan fingerprint density at radius 2 is 1.44 bits per heavy atom. The fourth-order valence-electron chi connectivity index (χ4n) is 6.29. The van der Waals surface area contributed by atoms with Crippen molar-refractivity contribution in [1.29, 1.82) is 0 Å². The fourth-order valence-corrected chi connectivity index (χ4v) is 7.97. The lowest BCUT2D eigenvalue weighted by molar-refractivity contribution is 0.482. The molecular formula is C38H34N4OS2. The summed E-state index contributed by atoms with van der Waals surface area (Å²) in [4.78, 5) is 7.31. The predicted octanol–water partition coefficient (Wildman–Crippen LogP) is 10.5. The second kappa shape index (κ2) is 11.8. The van der Waals surface area contributed by atoms with E-state index in [9.17, 15) is 0 Å². The van der Waals surface area contributed by atoms with Gasteiger partial charge in [0.25, 0.3) is 0 Å². The van der Waals surface area contributed by atoms with Crippen LogP contribution in [0.3, 0.4) is 0 Å². The third kappa shape index (κ3) is 5.30. The number of hydrogen-bond acceptors (Lipinski definition) is 5. The highest BCUT2D eigenvalue weighted by Crippen LogP contribution is 2.42. The van der Waals surface area contributed by atoms with Crippen molar-refractivity contribution in [2.24, 2.45) is 0 Å². The largest absolute Gasteiger partial charge is 0.457 e. The lowest BCUT2D eigenvalue weighted by Gasteiger charge is -2.16. The number of fused-ring (bicyclic) bond motifs is 3. The van der Waals surface area contributed by atoms with Crippen molar-refractivity contribution in [3.63, 3.8) is 0 Å². The molecule has 224 valence electrons. The standard InChI is InChI=1S/C38H34N4OS2/c1-23-13-14-39-35(17-23)42-33-10-8-7-9-31(33)32-12-11-29(20-34(32)42)43-30-16-24(2)15-28(19-30)41-22-27(21-40-41)36-37(44-5)25(3)18-26(4)38(36)45-6/h7-22H,1-6H3. The Labute approximate surface area is 272 Å². The maximum absolute atomic E-state index is 6.55. The average molecular weight is 627 g/mol. The maximum atomic E-state index is 6.55. The molecule has 3 aromatic heterocycles. The normalized spacial score (nSPS) is 11.5. The minimum absolute atomic E-state index is 0.763. The highest BCUT2D eigenvalue weighted by molar-refractivity contribution is 7.99. The molecule has 45 heavy (non-hydrogen) atoms. The van der Waals surface area contributed by atoms with Gasteiger partial charge in [0.05, 0.1) is 22.9 Å². The van der Waals surface area contributed by atoms with E-state index in [1.807, 2.05) is 29.2 Å². The molecule has 0 saturated heterocycles. The topological polar surface area (TPSA) is 44.9 Å². The molecule has 0 aliphatic rings. The zero-order chi connectivity index (χ0) is 31.2. The summed E-state index contributed by atoms with van der Waals surface area (Å²) >= 11 is 3.58. The summed E-state index contributed by atoms with van der Waals surface area (Å²) in [7, 11) is 0. The SMILES string of the molecule is CSc1c(C)cc(C)c(SC)c1-c1cnn(-c2cc(C)cc(Oc3ccc4c5ccccc5n(-c5cc(C)ccn5)c4c3)c2)c1. The van der Waals surface area contributed by atoms with Crippen LogP contribution in [0.5, 0.6) is 11.5 Å². The van der Waals surface area contributed by atoms with Gasteiger partial charge in [-0.2, -0.15) is 5.10 Å². The van der Waals surface area contributed by atoms with Crippen molar-refractivity contribution >= 4 is 45.3 Å². The number of thioether (sulfide) groups is 2. The molecule has 7 heteroatoms. The highest BCUT2D eigenvalue weighted by atomic mass is 32.2. The van der Waals surface area contributed by atoms with Crippen LogP contribution in [0.25, 0.3) is 44.4 Å². The monoisotopic (exact) mass is 626 g/mol. The Bertz CT molecular complexity index is 2200. The summed E-state index contributed by atoms with van der Waals surface area (Å²) in [5.41, 5.74) is 10.3. The van der Waals surface area contributed by atoms with Crippen molar-refractivity contribution in [2.75, 3.05) is 12.5 Å². The molecule has 4 aromatic carbocycles. The van der Waals surface area contributed by atoms with E-state index in [-0.39, 0.29) is 0 Å². The first-order valence-corrected chi connectivity index (χ1v) is 17.3. The molecule has 0 bridgehead atoms. The van der Waals surface area contributed by atoms with E-state index in [1.54, 1.807) is 23.5 Å². The second-order valence-electron chi connectivity index (χ2n) is 11.5. The third-order valence-electron chi connectivity index (χ3n) is 8.19. The van der Waals surface area contributed by atoms with Crippen LogP contribution < -0.4 is 4.74 Å². The molecule has 0 unspecified atom stereocenters. The van der Waals surface area contributed by atoms with Gasteiger partial charge >= 0.3 is 0 Å². The lowest BCUT2D eigenvalue weighted by atomic mass is 10.0. The van der Waals surface area contributed by atoms with Gasteiger partial charge in [-0.3, -0.25) is 4.57 Å². The van der Waals surface area contributed by atoms with E-state index < -0.39 is 0 Å². The third-order valence-corrected chi connectivity index (χ3v) is 10.1. The van der Waals surface area contributed by atoms with Crippen LogP contribution in [0, 0.1) is 27.7 Å². The molecule has 0 amide bonds. The molecule has 0 fully saturated rings. The van der Waals surface area contributed by atoms with Crippen LogP contribution in [-0.2, 0) is 0 Å². The zero-order valence-corrected chi connectivity index (χ0v) is 27.9. The summed E-state index contributed by atoms with van der Waals surface area (Å²) in [6, 6.07) is 27.5. The van der Waals surface area contributed by atoms with Gasteiger partial charge in [0, 0.05) is 56.2 Å². The Balaban J connectivity index is 1.28. The molecular weight excluding hydrogens is 593 g/mol. The van der Waals surface area contributed by atoms with Gasteiger partial charge in [0.2, 0.25) is 0 Å². The first-order valence-electron chi connectivity index (χ1n) is 14.9. The number of rotatable bonds is 7. The maximum Gasteiger partial charge on any atom is 0.137 e. The summed E-state index contributed by atoms with van der Waals surface area (Å²) in [6.45, 7) is 8.56. The van der Waals surface area contributed by atoms with E-state index in [0.29, 0.717) is 0 Å². The molecule has 7 rings (SSSR count). The second-order valence-corrected chi connectivity index (χ2v) is 13.1. The number of aryl methyl sites for hydroxylation is 4. The van der Waals surface area contributed by atoms with E-state index in [4.69, 9.17) is 14.8 Å². The molecule has 0 radical (unpaired) electrons. The van der Waals surface area contributed by atoms with Crippen LogP contribution in [0.2, 0.25) is 0 Å². The lowest BCUT2D eigenvalue weighted by Crippen LogP contribution is -1.98. The van der Waals surface area contributed by atoms with Gasteiger partial charge in [-0.05, 0) is 105 Å². The number of nitrogens with zero attached hydrogens (tertiary/aromatic N) is 4. The van der Waals surface area contributed by atoms with Gasteiger partial charge in [-0.15, -0.1) is 23.5 Å². The van der Waals surface area contributed by atoms with Gasteiger partial charge in [-0.1, -0.05) is 24.3 Å². The average Bonchev–Trinajstić information content (AvgIpc) is 3.64. The van der Waals surface area contributed by atoms with Crippen molar-refractivity contribution in [3.05, 3.63) is 120 Å². The summed E-state index contributed by atoms with van der Waals surface area (Å²) in [5.74, 6) is 2.42.